The minimum atomic E-state index is -0.625. The zero-order chi connectivity index (χ0) is 22.4. The average Bonchev–Trinajstić information content (AvgIpc) is 3.16. The van der Waals surface area contributed by atoms with Crippen molar-refractivity contribution in [2.75, 3.05) is 25.6 Å². The number of thiazole rings is 1. The number of esters is 1. The van der Waals surface area contributed by atoms with Crippen LogP contribution in [0.15, 0.2) is 41.9 Å². The number of methoxy groups -OCH3 is 1. The van der Waals surface area contributed by atoms with Gasteiger partial charge in [0.25, 0.3) is 5.91 Å². The second kappa shape index (κ2) is 10.5. The Labute approximate surface area is 192 Å². The second-order valence-corrected chi connectivity index (χ2v) is 7.86. The molecule has 1 amide bonds. The van der Waals surface area contributed by atoms with E-state index in [4.69, 9.17) is 37.4 Å². The van der Waals surface area contributed by atoms with Gasteiger partial charge in [0.15, 0.2) is 5.06 Å². The van der Waals surface area contributed by atoms with Crippen LogP contribution in [0.2, 0.25) is 10.0 Å². The molecule has 0 saturated heterocycles. The van der Waals surface area contributed by atoms with Crippen LogP contribution in [0.5, 0.6) is 10.8 Å². The number of carbonyl (C=O) groups excluding carboxylic acids is 2. The number of amides is 1. The van der Waals surface area contributed by atoms with Crippen molar-refractivity contribution in [2.45, 2.75) is 6.92 Å². The van der Waals surface area contributed by atoms with Gasteiger partial charge in [-0.1, -0.05) is 34.5 Å². The van der Waals surface area contributed by atoms with E-state index in [9.17, 15) is 9.59 Å². The van der Waals surface area contributed by atoms with E-state index >= 15 is 0 Å². The van der Waals surface area contributed by atoms with Crippen LogP contribution in [-0.4, -0.2) is 37.2 Å². The van der Waals surface area contributed by atoms with Gasteiger partial charge in [-0.05, 0) is 43.3 Å². The van der Waals surface area contributed by atoms with E-state index in [1.807, 2.05) is 6.92 Å². The molecule has 3 rings (SSSR count). The first kappa shape index (κ1) is 22.9. The molecule has 0 radical (unpaired) electrons. The van der Waals surface area contributed by atoms with Crippen LogP contribution in [-0.2, 0) is 4.74 Å². The number of aromatic nitrogens is 1. The third-order valence-electron chi connectivity index (χ3n) is 4.11. The molecule has 1 N–H and O–H groups in total. The lowest BCUT2D eigenvalue weighted by Gasteiger charge is -2.13. The summed E-state index contributed by atoms with van der Waals surface area (Å²) < 4.78 is 16.1. The SMILES string of the molecule is COC(=O)c1cc(OCCOc2scnc2C)ccc1NC(=O)c1ccc(Cl)cc1Cl. The molecule has 0 saturated carbocycles. The Balaban J connectivity index is 1.70. The standard InChI is InChI=1S/C21H18Cl2N2O5S/c1-12-21(31-11-24-12)30-8-7-29-14-4-6-18(16(10-14)20(27)28-2)25-19(26)15-5-3-13(22)9-17(15)23/h3-6,9-11H,7-8H2,1-2H3,(H,25,26). The first-order valence-corrected chi connectivity index (χ1v) is 10.7. The van der Waals surface area contributed by atoms with E-state index in [1.165, 1.54) is 36.6 Å². The minimum absolute atomic E-state index is 0.137. The molecule has 1 aromatic heterocycles. The van der Waals surface area contributed by atoms with Gasteiger partial charge in [0.05, 0.1) is 40.2 Å². The highest BCUT2D eigenvalue weighted by Crippen LogP contribution is 2.26. The zero-order valence-corrected chi connectivity index (χ0v) is 18.9. The van der Waals surface area contributed by atoms with Crippen LogP contribution >= 0.6 is 34.5 Å². The number of aryl methyl sites for hydroxylation is 1. The Morgan fingerprint density at radius 2 is 1.84 bits per heavy atom. The third kappa shape index (κ3) is 5.88. The molecule has 1 heterocycles. The van der Waals surface area contributed by atoms with Crippen molar-refractivity contribution in [3.8, 4) is 10.8 Å². The predicted octanol–water partition coefficient (Wildman–Crippen LogP) is 5.26. The van der Waals surface area contributed by atoms with Gasteiger partial charge in [0.1, 0.15) is 19.0 Å². The number of nitrogens with zero attached hydrogens (tertiary/aromatic N) is 1. The number of anilines is 1. The molecule has 0 unspecified atom stereocenters. The number of hydrogen-bond donors (Lipinski definition) is 1. The van der Waals surface area contributed by atoms with Gasteiger partial charge in [-0.15, -0.1) is 0 Å². The summed E-state index contributed by atoms with van der Waals surface area (Å²) in [4.78, 5) is 28.9. The minimum Gasteiger partial charge on any atom is -0.490 e. The number of rotatable bonds is 8. The van der Waals surface area contributed by atoms with Crippen molar-refractivity contribution in [3.63, 3.8) is 0 Å². The molecular formula is C21H18Cl2N2O5S. The highest BCUT2D eigenvalue weighted by Gasteiger charge is 2.18. The summed E-state index contributed by atoms with van der Waals surface area (Å²) in [5.74, 6) is -0.694. The lowest BCUT2D eigenvalue weighted by Crippen LogP contribution is -2.16. The van der Waals surface area contributed by atoms with Crippen LogP contribution < -0.4 is 14.8 Å². The lowest BCUT2D eigenvalue weighted by molar-refractivity contribution is 0.0601. The van der Waals surface area contributed by atoms with Crippen molar-refractivity contribution in [1.82, 2.24) is 4.98 Å². The molecule has 0 bridgehead atoms. The quantitative estimate of drug-likeness (QED) is 0.349. The molecule has 0 aliphatic heterocycles. The molecule has 3 aromatic rings. The first-order valence-electron chi connectivity index (χ1n) is 9.03. The van der Waals surface area contributed by atoms with Crippen molar-refractivity contribution < 1.29 is 23.8 Å². The molecule has 0 aliphatic rings. The first-order chi connectivity index (χ1) is 14.9. The summed E-state index contributed by atoms with van der Waals surface area (Å²) in [6.07, 6.45) is 0. The molecule has 2 aromatic carbocycles. The molecule has 0 spiro atoms. The van der Waals surface area contributed by atoms with Crippen LogP contribution in [0.3, 0.4) is 0 Å². The number of nitrogens with one attached hydrogen (secondary N) is 1. The number of halogens is 2. The van der Waals surface area contributed by atoms with Gasteiger partial charge in [0, 0.05) is 5.02 Å². The Hall–Kier alpha value is -2.81. The number of benzene rings is 2. The fourth-order valence-corrected chi connectivity index (χ4v) is 3.76. The fraction of sp³-hybridized carbons (Fsp3) is 0.190. The molecule has 10 heteroatoms. The van der Waals surface area contributed by atoms with E-state index in [2.05, 4.69) is 10.3 Å². The van der Waals surface area contributed by atoms with Gasteiger partial charge in [-0.3, -0.25) is 4.79 Å². The molecule has 0 fully saturated rings. The highest BCUT2D eigenvalue weighted by molar-refractivity contribution is 7.11. The maximum absolute atomic E-state index is 12.6. The monoisotopic (exact) mass is 480 g/mol. The number of carbonyl (C=O) groups is 2. The van der Waals surface area contributed by atoms with Crippen LogP contribution in [0.1, 0.15) is 26.4 Å². The molecule has 0 atom stereocenters. The molecule has 31 heavy (non-hydrogen) atoms. The van der Waals surface area contributed by atoms with E-state index in [0.29, 0.717) is 17.4 Å². The maximum atomic E-state index is 12.6. The van der Waals surface area contributed by atoms with Crippen molar-refractivity contribution in [3.05, 3.63) is 68.8 Å². The van der Waals surface area contributed by atoms with Crippen molar-refractivity contribution in [2.24, 2.45) is 0 Å². The molecule has 0 aliphatic carbocycles. The average molecular weight is 481 g/mol. The third-order valence-corrected chi connectivity index (χ3v) is 5.49. The zero-order valence-electron chi connectivity index (χ0n) is 16.6. The lowest BCUT2D eigenvalue weighted by atomic mass is 10.1. The Bertz CT molecular complexity index is 1100. The summed E-state index contributed by atoms with van der Waals surface area (Å²) in [6, 6.07) is 9.19. The Morgan fingerprint density at radius 1 is 1.06 bits per heavy atom. The van der Waals surface area contributed by atoms with Gasteiger partial charge < -0.3 is 19.5 Å². The van der Waals surface area contributed by atoms with Gasteiger partial charge in [-0.2, -0.15) is 0 Å². The molecule has 7 nitrogen and oxygen atoms in total. The van der Waals surface area contributed by atoms with Crippen molar-refractivity contribution >= 4 is 52.1 Å². The van der Waals surface area contributed by atoms with Crippen LogP contribution in [0.25, 0.3) is 0 Å². The van der Waals surface area contributed by atoms with E-state index in [1.54, 1.807) is 23.7 Å². The summed E-state index contributed by atoms with van der Waals surface area (Å²) in [6.45, 7) is 2.42. The number of ether oxygens (including phenoxy) is 3. The second-order valence-electron chi connectivity index (χ2n) is 6.20. The molecule has 162 valence electrons. The maximum Gasteiger partial charge on any atom is 0.340 e. The summed E-state index contributed by atoms with van der Waals surface area (Å²) in [5.41, 5.74) is 3.14. The van der Waals surface area contributed by atoms with E-state index in [-0.39, 0.29) is 28.4 Å². The topological polar surface area (TPSA) is 86.8 Å². The van der Waals surface area contributed by atoms with Gasteiger partial charge in [0.2, 0.25) is 0 Å². The number of hydrogen-bond acceptors (Lipinski definition) is 7. The Kier molecular flexibility index (Phi) is 7.73. The Morgan fingerprint density at radius 3 is 2.52 bits per heavy atom. The summed E-state index contributed by atoms with van der Waals surface area (Å²) >= 11 is 13.4. The summed E-state index contributed by atoms with van der Waals surface area (Å²) in [7, 11) is 1.25. The predicted molar refractivity (Wildman–Crippen MR) is 120 cm³/mol. The van der Waals surface area contributed by atoms with Crippen LogP contribution in [0, 0.1) is 6.92 Å². The largest absolute Gasteiger partial charge is 0.490 e. The van der Waals surface area contributed by atoms with Gasteiger partial charge >= 0.3 is 5.97 Å². The van der Waals surface area contributed by atoms with Crippen molar-refractivity contribution in [1.29, 1.82) is 0 Å². The van der Waals surface area contributed by atoms with Crippen LogP contribution in [0.4, 0.5) is 5.69 Å². The van der Waals surface area contributed by atoms with Gasteiger partial charge in [-0.25, -0.2) is 9.78 Å². The summed E-state index contributed by atoms with van der Waals surface area (Å²) in [5, 5.41) is 4.01. The molecular weight excluding hydrogens is 463 g/mol. The van der Waals surface area contributed by atoms with E-state index < -0.39 is 11.9 Å². The normalized spacial score (nSPS) is 10.5. The van der Waals surface area contributed by atoms with E-state index in [0.717, 1.165) is 10.8 Å². The smallest absolute Gasteiger partial charge is 0.340 e. The fourth-order valence-electron chi connectivity index (χ4n) is 2.59. The highest BCUT2D eigenvalue weighted by atomic mass is 35.5.